The molecule has 0 spiro atoms. The predicted molar refractivity (Wildman–Crippen MR) is 67.2 cm³/mol. The van der Waals surface area contributed by atoms with Gasteiger partial charge in [0.25, 0.3) is 0 Å². The third-order valence-corrected chi connectivity index (χ3v) is 2.30. The molecule has 1 aromatic rings. The average Bonchev–Trinajstić information content (AvgIpc) is 2.38. The molecular formula is C13H20FNO3. The Morgan fingerprint density at radius 3 is 2.78 bits per heavy atom. The standard InChI is InChI=1S/C13H20FNO3/c1-2-15-10-11-3-4-13(12(14)9-11)18-8-7-17-6-5-16/h3-4,9,15-16H,2,5-8,10H2,1H3. The highest BCUT2D eigenvalue weighted by Crippen LogP contribution is 2.18. The molecule has 0 unspecified atom stereocenters. The third kappa shape index (κ3) is 5.44. The molecule has 5 heteroatoms. The van der Waals surface area contributed by atoms with E-state index in [0.717, 1.165) is 12.1 Å². The maximum atomic E-state index is 13.6. The zero-order chi connectivity index (χ0) is 13.2. The maximum absolute atomic E-state index is 13.6. The second kappa shape index (κ2) is 8.85. The first-order valence-corrected chi connectivity index (χ1v) is 6.08. The third-order valence-electron chi connectivity index (χ3n) is 2.30. The van der Waals surface area contributed by atoms with Crippen molar-refractivity contribution in [1.82, 2.24) is 5.32 Å². The molecular weight excluding hydrogens is 237 g/mol. The van der Waals surface area contributed by atoms with E-state index < -0.39 is 0 Å². The van der Waals surface area contributed by atoms with Gasteiger partial charge in [-0.15, -0.1) is 0 Å². The first-order valence-electron chi connectivity index (χ1n) is 6.08. The van der Waals surface area contributed by atoms with Gasteiger partial charge in [-0.25, -0.2) is 4.39 Å². The summed E-state index contributed by atoms with van der Waals surface area (Å²) in [4.78, 5) is 0. The molecule has 0 fully saturated rings. The fourth-order valence-corrected chi connectivity index (χ4v) is 1.42. The SMILES string of the molecule is CCNCc1ccc(OCCOCCO)c(F)c1. The Morgan fingerprint density at radius 2 is 2.11 bits per heavy atom. The van der Waals surface area contributed by atoms with Gasteiger partial charge in [0.05, 0.1) is 19.8 Å². The fourth-order valence-electron chi connectivity index (χ4n) is 1.42. The first kappa shape index (κ1) is 14.9. The maximum Gasteiger partial charge on any atom is 0.165 e. The van der Waals surface area contributed by atoms with Crippen molar-refractivity contribution in [3.8, 4) is 5.75 Å². The summed E-state index contributed by atoms with van der Waals surface area (Å²) in [6, 6.07) is 4.91. The summed E-state index contributed by atoms with van der Waals surface area (Å²) in [7, 11) is 0. The monoisotopic (exact) mass is 257 g/mol. The summed E-state index contributed by atoms with van der Waals surface area (Å²) in [5.41, 5.74) is 0.887. The van der Waals surface area contributed by atoms with Gasteiger partial charge in [-0.3, -0.25) is 0 Å². The Balaban J connectivity index is 2.37. The Kier molecular flexibility index (Phi) is 7.32. The van der Waals surface area contributed by atoms with Gasteiger partial charge >= 0.3 is 0 Å². The number of aliphatic hydroxyl groups is 1. The van der Waals surface area contributed by atoms with Crippen molar-refractivity contribution >= 4 is 0 Å². The van der Waals surface area contributed by atoms with Crippen molar-refractivity contribution in [2.24, 2.45) is 0 Å². The quantitative estimate of drug-likeness (QED) is 0.655. The molecule has 1 rings (SSSR count). The van der Waals surface area contributed by atoms with E-state index in [1.54, 1.807) is 6.07 Å². The summed E-state index contributed by atoms with van der Waals surface area (Å²) >= 11 is 0. The molecule has 2 N–H and O–H groups in total. The van der Waals surface area contributed by atoms with Crippen molar-refractivity contribution in [3.63, 3.8) is 0 Å². The van der Waals surface area contributed by atoms with Gasteiger partial charge in [0.2, 0.25) is 0 Å². The Bertz CT molecular complexity index is 347. The summed E-state index contributed by atoms with van der Waals surface area (Å²) in [5, 5.41) is 11.6. The lowest BCUT2D eigenvalue weighted by Crippen LogP contribution is -2.12. The van der Waals surface area contributed by atoms with Gasteiger partial charge in [0.15, 0.2) is 11.6 Å². The fraction of sp³-hybridized carbons (Fsp3) is 0.538. The molecule has 0 heterocycles. The van der Waals surface area contributed by atoms with Gasteiger partial charge in [-0.1, -0.05) is 13.0 Å². The summed E-state index contributed by atoms with van der Waals surface area (Å²) in [5.74, 6) is -0.143. The van der Waals surface area contributed by atoms with E-state index >= 15 is 0 Å². The lowest BCUT2D eigenvalue weighted by atomic mass is 10.2. The van der Waals surface area contributed by atoms with Crippen LogP contribution in [0.15, 0.2) is 18.2 Å². The topological polar surface area (TPSA) is 50.7 Å². The second-order valence-electron chi connectivity index (χ2n) is 3.73. The second-order valence-corrected chi connectivity index (χ2v) is 3.73. The van der Waals surface area contributed by atoms with Crippen LogP contribution >= 0.6 is 0 Å². The van der Waals surface area contributed by atoms with E-state index in [2.05, 4.69) is 5.32 Å². The number of benzene rings is 1. The number of rotatable bonds is 9. The highest BCUT2D eigenvalue weighted by molar-refractivity contribution is 5.29. The van der Waals surface area contributed by atoms with Crippen LogP contribution < -0.4 is 10.1 Å². The van der Waals surface area contributed by atoms with Gasteiger partial charge in [-0.05, 0) is 24.2 Å². The zero-order valence-corrected chi connectivity index (χ0v) is 10.6. The number of halogens is 1. The van der Waals surface area contributed by atoms with Crippen LogP contribution in [-0.4, -0.2) is 38.1 Å². The van der Waals surface area contributed by atoms with Crippen LogP contribution in [0, 0.1) is 5.82 Å². The smallest absolute Gasteiger partial charge is 0.165 e. The van der Waals surface area contributed by atoms with Crippen LogP contribution in [0.5, 0.6) is 5.75 Å². The van der Waals surface area contributed by atoms with Crippen LogP contribution in [0.1, 0.15) is 12.5 Å². The van der Waals surface area contributed by atoms with E-state index in [9.17, 15) is 4.39 Å². The highest BCUT2D eigenvalue weighted by atomic mass is 19.1. The van der Waals surface area contributed by atoms with Crippen LogP contribution in [0.3, 0.4) is 0 Å². The van der Waals surface area contributed by atoms with Crippen molar-refractivity contribution in [3.05, 3.63) is 29.6 Å². The lowest BCUT2D eigenvalue weighted by Gasteiger charge is -2.09. The largest absolute Gasteiger partial charge is 0.488 e. The summed E-state index contributed by atoms with van der Waals surface area (Å²) in [6.07, 6.45) is 0. The van der Waals surface area contributed by atoms with Crippen LogP contribution in [0.2, 0.25) is 0 Å². The lowest BCUT2D eigenvalue weighted by molar-refractivity contribution is 0.0696. The normalized spacial score (nSPS) is 10.6. The van der Waals surface area contributed by atoms with Crippen molar-refractivity contribution in [1.29, 1.82) is 0 Å². The van der Waals surface area contributed by atoms with Crippen LogP contribution in [0.25, 0.3) is 0 Å². The molecule has 0 saturated carbocycles. The van der Waals surface area contributed by atoms with Crippen LogP contribution in [-0.2, 0) is 11.3 Å². The Hall–Kier alpha value is -1.17. The first-order chi connectivity index (χ1) is 8.77. The van der Waals surface area contributed by atoms with Crippen LogP contribution in [0.4, 0.5) is 4.39 Å². The molecule has 102 valence electrons. The minimum Gasteiger partial charge on any atom is -0.488 e. The van der Waals surface area contributed by atoms with Crippen molar-refractivity contribution < 1.29 is 19.0 Å². The number of ether oxygens (including phenoxy) is 2. The van der Waals surface area contributed by atoms with E-state index in [-0.39, 0.29) is 31.4 Å². The minimum atomic E-state index is -0.368. The van der Waals surface area contributed by atoms with E-state index in [4.69, 9.17) is 14.6 Å². The highest BCUT2D eigenvalue weighted by Gasteiger charge is 2.04. The zero-order valence-electron chi connectivity index (χ0n) is 10.6. The summed E-state index contributed by atoms with van der Waals surface area (Å²) < 4.78 is 23.9. The summed E-state index contributed by atoms with van der Waals surface area (Å²) in [6.45, 7) is 4.35. The Labute approximate surface area is 107 Å². The number of nitrogens with one attached hydrogen (secondary N) is 1. The Morgan fingerprint density at radius 1 is 1.28 bits per heavy atom. The molecule has 0 aliphatic rings. The van der Waals surface area contributed by atoms with Crippen molar-refractivity contribution in [2.75, 3.05) is 33.0 Å². The molecule has 0 aromatic heterocycles. The molecule has 0 aliphatic carbocycles. The molecule has 1 aromatic carbocycles. The van der Waals surface area contributed by atoms with Gasteiger partial charge in [-0.2, -0.15) is 0 Å². The van der Waals surface area contributed by atoms with Gasteiger partial charge < -0.3 is 19.9 Å². The molecule has 18 heavy (non-hydrogen) atoms. The molecule has 0 radical (unpaired) electrons. The predicted octanol–water partition coefficient (Wildman–Crippen LogP) is 1.32. The van der Waals surface area contributed by atoms with E-state index in [1.807, 2.05) is 13.0 Å². The van der Waals surface area contributed by atoms with E-state index in [0.29, 0.717) is 13.2 Å². The molecule has 0 bridgehead atoms. The number of hydrogen-bond acceptors (Lipinski definition) is 4. The molecule has 0 saturated heterocycles. The number of hydrogen-bond donors (Lipinski definition) is 2. The molecule has 0 amide bonds. The molecule has 0 atom stereocenters. The molecule has 4 nitrogen and oxygen atoms in total. The number of aliphatic hydroxyl groups excluding tert-OH is 1. The molecule has 0 aliphatic heterocycles. The average molecular weight is 257 g/mol. The van der Waals surface area contributed by atoms with E-state index in [1.165, 1.54) is 6.07 Å². The minimum absolute atomic E-state index is 0.0204. The van der Waals surface area contributed by atoms with Crippen molar-refractivity contribution in [2.45, 2.75) is 13.5 Å². The van der Waals surface area contributed by atoms with Gasteiger partial charge in [0, 0.05) is 6.54 Å². The van der Waals surface area contributed by atoms with Gasteiger partial charge in [0.1, 0.15) is 6.61 Å².